The van der Waals surface area contributed by atoms with Crippen LogP contribution >= 0.6 is 34.5 Å². The molecule has 7 heteroatoms. The first kappa shape index (κ1) is 11.7. The van der Waals surface area contributed by atoms with Crippen LogP contribution in [0.15, 0.2) is 6.33 Å². The summed E-state index contributed by atoms with van der Waals surface area (Å²) in [4.78, 5) is 7.86. The Kier molecular flexibility index (Phi) is 5.20. The molecule has 0 aliphatic heterocycles. The van der Waals surface area contributed by atoms with Crippen molar-refractivity contribution in [3.05, 3.63) is 11.5 Å². The average Bonchev–Trinajstić information content (AvgIpc) is 2.18. The molecule has 0 atom stereocenters. The molecule has 5 nitrogen and oxygen atoms in total. The molecule has 0 saturated carbocycles. The van der Waals surface area contributed by atoms with Crippen molar-refractivity contribution in [1.29, 1.82) is 0 Å². The molecule has 0 amide bonds. The number of nitrogens with one attached hydrogen (secondary N) is 2. The van der Waals surface area contributed by atoms with E-state index < -0.39 is 0 Å². The van der Waals surface area contributed by atoms with E-state index in [9.17, 15) is 0 Å². The summed E-state index contributed by atoms with van der Waals surface area (Å²) in [6.45, 7) is 0.800. The van der Waals surface area contributed by atoms with Crippen LogP contribution in [0.5, 0.6) is 0 Å². The third-order valence-corrected chi connectivity index (χ3v) is 2.35. The predicted molar refractivity (Wildman–Crippen MR) is 64.9 cm³/mol. The first-order valence-electron chi connectivity index (χ1n) is 4.01. The summed E-state index contributed by atoms with van der Waals surface area (Å²) in [6, 6.07) is 0. The van der Waals surface area contributed by atoms with E-state index in [0.717, 1.165) is 0 Å². The molecule has 0 bridgehead atoms. The quantitative estimate of drug-likeness (QED) is 0.332. The van der Waals surface area contributed by atoms with Gasteiger partial charge in [-0.25, -0.2) is 9.97 Å². The van der Waals surface area contributed by atoms with Crippen molar-refractivity contribution in [3.8, 4) is 0 Å². The number of halogens is 2. The van der Waals surface area contributed by atoms with E-state index in [2.05, 4.69) is 18.8 Å². The lowest BCUT2D eigenvalue weighted by Gasteiger charge is -2.09. The zero-order valence-corrected chi connectivity index (χ0v) is 10.2. The molecule has 0 fully saturated rings. The third kappa shape index (κ3) is 3.10. The molecule has 3 N–H and O–H groups in total. The van der Waals surface area contributed by atoms with E-state index in [4.69, 9.17) is 16.7 Å². The summed E-state index contributed by atoms with van der Waals surface area (Å²) in [7, 11) is 0. The van der Waals surface area contributed by atoms with Crippen LogP contribution in [0.4, 0.5) is 11.5 Å². The molecule has 0 saturated heterocycles. The van der Waals surface area contributed by atoms with Crippen LogP contribution in [-0.4, -0.2) is 28.2 Å². The second-order valence-corrected chi connectivity index (χ2v) is 3.38. The number of nitrogens with zero attached hydrogens (tertiary/aromatic N) is 2. The smallest absolute Gasteiger partial charge is 0.158 e. The second-order valence-electron chi connectivity index (χ2n) is 2.49. The number of hydrogen-bond donors (Lipinski definition) is 3. The lowest BCUT2D eigenvalue weighted by molar-refractivity contribution is 0.292. The van der Waals surface area contributed by atoms with Crippen LogP contribution in [0.1, 0.15) is 6.42 Å². The lowest BCUT2D eigenvalue weighted by atomic mass is 10.4. The highest BCUT2D eigenvalue weighted by molar-refractivity contribution is 14.1. The first-order chi connectivity index (χ1) is 6.79. The Morgan fingerprint density at radius 1 is 1.50 bits per heavy atom. The van der Waals surface area contributed by atoms with Crippen LogP contribution in [0.2, 0.25) is 5.15 Å². The van der Waals surface area contributed by atoms with E-state index in [0.29, 0.717) is 29.6 Å². The molecule has 0 radical (unpaired) electrons. The summed E-state index contributed by atoms with van der Waals surface area (Å²) in [5.74, 6) is 0.646. The van der Waals surface area contributed by atoms with Gasteiger partial charge in [-0.3, -0.25) is 0 Å². The van der Waals surface area contributed by atoms with Crippen molar-refractivity contribution in [2.45, 2.75) is 6.42 Å². The predicted octanol–water partition coefficient (Wildman–Crippen LogP) is 1.69. The minimum atomic E-state index is 0.152. The van der Waals surface area contributed by atoms with E-state index in [1.54, 1.807) is 0 Å². The van der Waals surface area contributed by atoms with Gasteiger partial charge in [0.15, 0.2) is 11.0 Å². The van der Waals surface area contributed by atoms with Crippen LogP contribution in [-0.2, 0) is 0 Å². The first-order valence-corrected chi connectivity index (χ1v) is 5.47. The van der Waals surface area contributed by atoms with Gasteiger partial charge in [-0.15, -0.1) is 0 Å². The van der Waals surface area contributed by atoms with Gasteiger partial charge < -0.3 is 14.0 Å². The Morgan fingerprint density at radius 3 is 2.93 bits per heavy atom. The molecule has 1 heterocycles. The SMILES string of the molecule is OCCCNc1ncnc(Cl)c1NI. The second kappa shape index (κ2) is 6.20. The van der Waals surface area contributed by atoms with Gasteiger partial charge in [0.25, 0.3) is 0 Å². The Morgan fingerprint density at radius 2 is 2.29 bits per heavy atom. The number of anilines is 2. The highest BCUT2D eigenvalue weighted by Gasteiger charge is 2.07. The third-order valence-electron chi connectivity index (χ3n) is 1.52. The number of aromatic nitrogens is 2. The van der Waals surface area contributed by atoms with E-state index in [1.165, 1.54) is 6.33 Å². The highest BCUT2D eigenvalue weighted by Crippen LogP contribution is 2.26. The van der Waals surface area contributed by atoms with Crippen LogP contribution in [0, 0.1) is 0 Å². The van der Waals surface area contributed by atoms with Gasteiger partial charge in [-0.1, -0.05) is 11.6 Å². The van der Waals surface area contributed by atoms with Crippen LogP contribution < -0.4 is 8.85 Å². The molecule has 0 aliphatic rings. The van der Waals surface area contributed by atoms with Gasteiger partial charge in [0, 0.05) is 13.2 Å². The van der Waals surface area contributed by atoms with Crippen molar-refractivity contribution in [3.63, 3.8) is 0 Å². The Labute approximate surface area is 101 Å². The minimum Gasteiger partial charge on any atom is -0.396 e. The normalized spacial score (nSPS) is 9.93. The Hall–Kier alpha value is -0.340. The molecule has 14 heavy (non-hydrogen) atoms. The maximum absolute atomic E-state index is 8.61. The summed E-state index contributed by atoms with van der Waals surface area (Å²) >= 11 is 7.80. The van der Waals surface area contributed by atoms with Gasteiger partial charge in [0.2, 0.25) is 0 Å². The van der Waals surface area contributed by atoms with Gasteiger partial charge in [-0.05, 0) is 6.42 Å². The van der Waals surface area contributed by atoms with Crippen molar-refractivity contribution in [2.24, 2.45) is 0 Å². The molecule has 1 aromatic heterocycles. The molecule has 0 aromatic carbocycles. The van der Waals surface area contributed by atoms with Crippen molar-refractivity contribution in [2.75, 3.05) is 22.0 Å². The fraction of sp³-hybridized carbons (Fsp3) is 0.429. The molecule has 1 aromatic rings. The largest absolute Gasteiger partial charge is 0.396 e. The van der Waals surface area contributed by atoms with E-state index in [-0.39, 0.29) is 6.61 Å². The summed E-state index contributed by atoms with van der Waals surface area (Å²) < 4.78 is 2.88. The van der Waals surface area contributed by atoms with Crippen molar-refractivity contribution < 1.29 is 5.11 Å². The van der Waals surface area contributed by atoms with Crippen LogP contribution in [0.25, 0.3) is 0 Å². The topological polar surface area (TPSA) is 70.1 Å². The van der Waals surface area contributed by atoms with Gasteiger partial charge >= 0.3 is 0 Å². The fourth-order valence-electron chi connectivity index (χ4n) is 0.868. The number of aliphatic hydroxyl groups is 1. The Bertz CT molecular complexity index is 299. The van der Waals surface area contributed by atoms with E-state index in [1.807, 2.05) is 22.9 Å². The average molecular weight is 329 g/mol. The molecule has 78 valence electrons. The molecular formula is C7H10ClIN4O. The standard InChI is InChI=1S/C7H10ClIN4O/c8-6-5(13-9)7(12-4-11-6)10-2-1-3-14/h4,13-14H,1-3H2,(H,10,11,12). The van der Waals surface area contributed by atoms with Gasteiger partial charge in [0.05, 0.1) is 22.9 Å². The highest BCUT2D eigenvalue weighted by atomic mass is 127. The minimum absolute atomic E-state index is 0.152. The molecular weight excluding hydrogens is 318 g/mol. The monoisotopic (exact) mass is 328 g/mol. The Balaban J connectivity index is 2.70. The van der Waals surface area contributed by atoms with Crippen molar-refractivity contribution >= 4 is 46.0 Å². The van der Waals surface area contributed by atoms with Crippen LogP contribution in [0.3, 0.4) is 0 Å². The lowest BCUT2D eigenvalue weighted by Crippen LogP contribution is -2.07. The number of rotatable bonds is 5. The molecule has 0 aliphatic carbocycles. The zero-order chi connectivity index (χ0) is 10.4. The van der Waals surface area contributed by atoms with Gasteiger partial charge in [-0.2, -0.15) is 0 Å². The fourth-order valence-corrected chi connectivity index (χ4v) is 1.72. The van der Waals surface area contributed by atoms with E-state index >= 15 is 0 Å². The van der Waals surface area contributed by atoms with Gasteiger partial charge in [0.1, 0.15) is 12.0 Å². The molecule has 0 spiro atoms. The maximum atomic E-state index is 8.61. The molecule has 1 rings (SSSR count). The number of hydrogen-bond acceptors (Lipinski definition) is 5. The summed E-state index contributed by atoms with van der Waals surface area (Å²) in [5, 5.41) is 12.0. The number of aliphatic hydroxyl groups excluding tert-OH is 1. The van der Waals surface area contributed by atoms with Crippen molar-refractivity contribution in [1.82, 2.24) is 9.97 Å². The zero-order valence-electron chi connectivity index (χ0n) is 7.30. The molecule has 0 unspecified atom stereocenters. The summed E-state index contributed by atoms with van der Waals surface area (Å²) in [6.07, 6.45) is 2.06. The summed E-state index contributed by atoms with van der Waals surface area (Å²) in [5.41, 5.74) is 0.660. The maximum Gasteiger partial charge on any atom is 0.158 e.